The van der Waals surface area contributed by atoms with Gasteiger partial charge in [-0.2, -0.15) is 0 Å². The minimum atomic E-state index is 1.22. The van der Waals surface area contributed by atoms with Crippen LogP contribution in [-0.4, -0.2) is 0 Å². The van der Waals surface area contributed by atoms with Gasteiger partial charge >= 0.3 is 0 Å². The van der Waals surface area contributed by atoms with Crippen LogP contribution in [0.2, 0.25) is 0 Å². The molecule has 0 spiro atoms. The molecule has 1 aromatic carbocycles. The van der Waals surface area contributed by atoms with Crippen LogP contribution in [0.4, 0.5) is 0 Å². The Labute approximate surface area is 288 Å². The van der Waals surface area contributed by atoms with Gasteiger partial charge in [-0.3, -0.25) is 0 Å². The van der Waals surface area contributed by atoms with Gasteiger partial charge in [-0.25, -0.2) is 0 Å². The van der Waals surface area contributed by atoms with E-state index < -0.39 is 0 Å². The summed E-state index contributed by atoms with van der Waals surface area (Å²) in [6.45, 7) is 6.90. The molecule has 0 saturated heterocycles. The molecule has 4 aromatic rings. The van der Waals surface area contributed by atoms with Gasteiger partial charge in [0.1, 0.15) is 0 Å². The van der Waals surface area contributed by atoms with E-state index in [-0.39, 0.29) is 0 Å². The molecule has 0 saturated carbocycles. The molecule has 0 aliphatic heterocycles. The van der Waals surface area contributed by atoms with E-state index in [9.17, 15) is 0 Å². The smallest absolute Gasteiger partial charge is 0.0345 e. The third-order valence-electron chi connectivity index (χ3n) is 9.20. The molecule has 246 valence electrons. The van der Waals surface area contributed by atoms with Crippen LogP contribution in [0.3, 0.4) is 0 Å². The molecule has 3 heterocycles. The number of rotatable bonds is 24. The molecular weight excluding hydrogens is 601 g/mol. The van der Waals surface area contributed by atoms with Crippen LogP contribution in [0.5, 0.6) is 0 Å². The molecular formula is C42H60S3. The molecule has 3 aromatic heterocycles. The van der Waals surface area contributed by atoms with Gasteiger partial charge in [0.25, 0.3) is 0 Å². The average Bonchev–Trinajstić information content (AvgIpc) is 3.84. The van der Waals surface area contributed by atoms with E-state index in [1.54, 1.807) is 0 Å². The number of hydrogen-bond donors (Lipinski definition) is 0. The summed E-state index contributed by atoms with van der Waals surface area (Å²) in [5.41, 5.74) is 8.72. The summed E-state index contributed by atoms with van der Waals surface area (Å²) in [4.78, 5) is 4.27. The second kappa shape index (κ2) is 21.2. The highest BCUT2D eigenvalue weighted by molar-refractivity contribution is 7.14. The van der Waals surface area contributed by atoms with Crippen LogP contribution < -0.4 is 0 Å². The van der Waals surface area contributed by atoms with Crippen LogP contribution in [0.15, 0.2) is 52.5 Å². The first kappa shape index (κ1) is 36.2. The van der Waals surface area contributed by atoms with Crippen molar-refractivity contribution < 1.29 is 0 Å². The van der Waals surface area contributed by atoms with Crippen LogP contribution in [0, 0.1) is 0 Å². The van der Waals surface area contributed by atoms with E-state index >= 15 is 0 Å². The lowest BCUT2D eigenvalue weighted by Crippen LogP contribution is -1.85. The molecule has 4 rings (SSSR count). The lowest BCUT2D eigenvalue weighted by Gasteiger charge is -2.08. The van der Waals surface area contributed by atoms with E-state index in [4.69, 9.17) is 0 Å². The number of thiophene rings is 3. The van der Waals surface area contributed by atoms with Crippen molar-refractivity contribution in [2.45, 2.75) is 156 Å². The Bertz CT molecular complexity index is 1160. The van der Waals surface area contributed by atoms with Crippen LogP contribution in [0.1, 0.15) is 153 Å². The third kappa shape index (κ3) is 12.8. The fraction of sp³-hybridized carbons (Fsp3) is 0.571. The summed E-state index contributed by atoms with van der Waals surface area (Å²) < 4.78 is 0. The van der Waals surface area contributed by atoms with Crippen molar-refractivity contribution in [1.82, 2.24) is 0 Å². The predicted octanol–water partition coefficient (Wildman–Crippen LogP) is 15.6. The van der Waals surface area contributed by atoms with Crippen molar-refractivity contribution in [2.24, 2.45) is 0 Å². The topological polar surface area (TPSA) is 0 Å². The Morgan fingerprint density at radius 1 is 0.333 bits per heavy atom. The van der Waals surface area contributed by atoms with Gasteiger partial charge in [0.05, 0.1) is 0 Å². The highest BCUT2D eigenvalue weighted by Gasteiger charge is 2.13. The largest absolute Gasteiger partial charge is 0.144 e. The molecule has 0 atom stereocenters. The standard InChI is InChI=1S/C42H60S3/c1-4-7-10-13-16-19-22-34-25-40(43-31-34)37-28-38(41-26-35(32-44-41)23-20-17-14-11-8-5-2)30-39(29-37)42-27-36(33-45-42)24-21-18-15-12-9-6-3/h25-33H,4-24H2,1-3H3. The molecule has 0 aliphatic carbocycles. The second-order valence-electron chi connectivity index (χ2n) is 13.3. The lowest BCUT2D eigenvalue weighted by molar-refractivity contribution is 0.608. The van der Waals surface area contributed by atoms with Gasteiger partial charge in [-0.15, -0.1) is 34.0 Å². The van der Waals surface area contributed by atoms with E-state index in [1.807, 2.05) is 34.0 Å². The van der Waals surface area contributed by atoms with Crippen molar-refractivity contribution in [1.29, 1.82) is 0 Å². The molecule has 0 aliphatic rings. The molecule has 0 bridgehead atoms. The predicted molar refractivity (Wildman–Crippen MR) is 208 cm³/mol. The van der Waals surface area contributed by atoms with E-state index in [1.165, 1.54) is 183 Å². The van der Waals surface area contributed by atoms with Gasteiger partial charge < -0.3 is 0 Å². The van der Waals surface area contributed by atoms with Crippen LogP contribution in [0.25, 0.3) is 31.3 Å². The van der Waals surface area contributed by atoms with Gasteiger partial charge in [-0.1, -0.05) is 117 Å². The van der Waals surface area contributed by atoms with Crippen LogP contribution >= 0.6 is 34.0 Å². The summed E-state index contributed by atoms with van der Waals surface area (Å²) in [5, 5.41) is 7.25. The van der Waals surface area contributed by atoms with Crippen molar-refractivity contribution in [3.63, 3.8) is 0 Å². The fourth-order valence-corrected chi connectivity index (χ4v) is 9.17. The fourth-order valence-electron chi connectivity index (χ4n) is 6.36. The molecule has 0 amide bonds. The first-order valence-electron chi connectivity index (χ1n) is 18.6. The average molecular weight is 661 g/mol. The molecule has 0 N–H and O–H groups in total. The van der Waals surface area contributed by atoms with Crippen LogP contribution in [-0.2, 0) is 19.3 Å². The Balaban J connectivity index is 1.47. The number of aryl methyl sites for hydroxylation is 3. The van der Waals surface area contributed by atoms with Gasteiger partial charge in [0.15, 0.2) is 0 Å². The molecule has 3 heteroatoms. The van der Waals surface area contributed by atoms with Crippen molar-refractivity contribution in [3.8, 4) is 31.3 Å². The highest BCUT2D eigenvalue weighted by atomic mass is 32.1. The van der Waals surface area contributed by atoms with Crippen molar-refractivity contribution in [3.05, 3.63) is 69.2 Å². The highest BCUT2D eigenvalue weighted by Crippen LogP contribution is 2.39. The van der Waals surface area contributed by atoms with Gasteiger partial charge in [-0.05, 0) is 124 Å². The van der Waals surface area contributed by atoms with E-state index in [2.05, 4.69) is 73.3 Å². The van der Waals surface area contributed by atoms with Gasteiger partial charge in [0.2, 0.25) is 0 Å². The summed E-state index contributed by atoms with van der Waals surface area (Å²) in [6.07, 6.45) is 28.2. The van der Waals surface area contributed by atoms with Crippen molar-refractivity contribution >= 4 is 34.0 Å². The molecule has 0 nitrogen and oxygen atoms in total. The zero-order chi connectivity index (χ0) is 31.5. The van der Waals surface area contributed by atoms with Crippen molar-refractivity contribution in [2.75, 3.05) is 0 Å². The molecule has 0 radical (unpaired) electrons. The minimum absolute atomic E-state index is 1.22. The quantitative estimate of drug-likeness (QED) is 0.0656. The summed E-state index contributed by atoms with van der Waals surface area (Å²) in [6, 6.07) is 14.8. The number of hydrogen-bond acceptors (Lipinski definition) is 3. The Morgan fingerprint density at radius 2 is 0.600 bits per heavy atom. The lowest BCUT2D eigenvalue weighted by atomic mass is 10.00. The zero-order valence-corrected chi connectivity index (χ0v) is 31.2. The first-order valence-corrected chi connectivity index (χ1v) is 21.2. The summed E-state index contributed by atoms with van der Waals surface area (Å²) in [5.74, 6) is 0. The molecule has 0 fully saturated rings. The minimum Gasteiger partial charge on any atom is -0.144 e. The van der Waals surface area contributed by atoms with E-state index in [0.717, 1.165) is 0 Å². The SMILES string of the molecule is CCCCCCCCc1csc(-c2cc(-c3cc(CCCCCCCC)cs3)cc(-c3cc(CCCCCCCC)cs3)c2)c1. The maximum Gasteiger partial charge on any atom is 0.0345 e. The van der Waals surface area contributed by atoms with E-state index in [0.29, 0.717) is 0 Å². The molecule has 45 heavy (non-hydrogen) atoms. The summed E-state index contributed by atoms with van der Waals surface area (Å²) in [7, 11) is 0. The Kier molecular flexibility index (Phi) is 17.1. The Hall–Kier alpha value is -1.68. The number of benzene rings is 1. The maximum atomic E-state index is 2.48. The maximum absolute atomic E-state index is 2.48. The Morgan fingerprint density at radius 3 is 0.889 bits per heavy atom. The second-order valence-corrected chi connectivity index (χ2v) is 16.0. The monoisotopic (exact) mass is 660 g/mol. The normalized spacial score (nSPS) is 11.5. The van der Waals surface area contributed by atoms with Gasteiger partial charge in [0, 0.05) is 14.6 Å². The first-order chi connectivity index (χ1) is 22.2. The third-order valence-corrected chi connectivity index (χ3v) is 12.3. The molecule has 0 unspecified atom stereocenters. The zero-order valence-electron chi connectivity index (χ0n) is 28.8. The summed E-state index contributed by atoms with van der Waals surface area (Å²) >= 11 is 5.81. The number of unbranched alkanes of at least 4 members (excludes halogenated alkanes) is 15.